The van der Waals surface area contributed by atoms with Gasteiger partial charge in [-0.15, -0.1) is 0 Å². The zero-order valence-corrected chi connectivity index (χ0v) is 7.95. The Balaban J connectivity index is 2.13. The number of rotatable bonds is 1. The van der Waals surface area contributed by atoms with E-state index >= 15 is 0 Å². The maximum absolute atomic E-state index is 5.80. The third-order valence-electron chi connectivity index (χ3n) is 2.23. The number of pyridine rings is 1. The van der Waals surface area contributed by atoms with Crippen molar-refractivity contribution in [1.29, 1.82) is 0 Å². The van der Waals surface area contributed by atoms with E-state index in [-0.39, 0.29) is 11.8 Å². The highest BCUT2D eigenvalue weighted by Crippen LogP contribution is 2.27. The second kappa shape index (κ2) is 3.09. The van der Waals surface area contributed by atoms with E-state index in [2.05, 4.69) is 10.3 Å². The molecule has 0 radical (unpaired) electrons. The smallest absolute Gasteiger partial charge is 0.114 e. The van der Waals surface area contributed by atoms with Crippen molar-refractivity contribution < 1.29 is 4.74 Å². The summed E-state index contributed by atoms with van der Waals surface area (Å²) in [5.74, 6) is 0. The van der Waals surface area contributed by atoms with Crippen LogP contribution in [0.15, 0.2) is 24.5 Å². The molecule has 1 aromatic rings. The van der Waals surface area contributed by atoms with Gasteiger partial charge in [-0.05, 0) is 31.5 Å². The number of ether oxygens (including phenoxy) is 1. The zero-order valence-electron chi connectivity index (χ0n) is 7.95. The van der Waals surface area contributed by atoms with Gasteiger partial charge < -0.3 is 4.74 Å². The molecule has 1 atom stereocenters. The van der Waals surface area contributed by atoms with Crippen molar-refractivity contribution in [3.05, 3.63) is 30.1 Å². The first-order valence-corrected chi connectivity index (χ1v) is 4.50. The predicted octanol–water partition coefficient (Wildman–Crippen LogP) is 1.48. The van der Waals surface area contributed by atoms with Crippen LogP contribution in [-0.4, -0.2) is 17.3 Å². The van der Waals surface area contributed by atoms with Crippen LogP contribution in [0, 0.1) is 0 Å². The van der Waals surface area contributed by atoms with Crippen molar-refractivity contribution >= 4 is 0 Å². The van der Waals surface area contributed by atoms with Crippen molar-refractivity contribution in [2.45, 2.75) is 25.7 Å². The Kier molecular flexibility index (Phi) is 2.06. The Morgan fingerprint density at radius 2 is 2.15 bits per heavy atom. The summed E-state index contributed by atoms with van der Waals surface area (Å²) in [4.78, 5) is 3.98. The summed E-state index contributed by atoms with van der Waals surface area (Å²) in [7, 11) is 0. The average molecular weight is 178 g/mol. The standard InChI is InChI=1S/C10H14N2O/c1-10(2)12-7-9(13-10)8-3-5-11-6-4-8/h3-6,9,12H,7H2,1-2H3. The molecule has 1 fully saturated rings. The first kappa shape index (κ1) is 8.66. The van der Waals surface area contributed by atoms with E-state index in [1.165, 1.54) is 5.56 Å². The fourth-order valence-corrected chi connectivity index (χ4v) is 1.54. The maximum Gasteiger partial charge on any atom is 0.114 e. The number of hydrogen-bond donors (Lipinski definition) is 1. The first-order chi connectivity index (χ1) is 6.17. The van der Waals surface area contributed by atoms with E-state index in [0.29, 0.717) is 0 Å². The molecule has 3 heteroatoms. The van der Waals surface area contributed by atoms with Crippen LogP contribution in [-0.2, 0) is 4.74 Å². The van der Waals surface area contributed by atoms with Gasteiger partial charge in [0.1, 0.15) is 5.72 Å². The minimum absolute atomic E-state index is 0.165. The van der Waals surface area contributed by atoms with E-state index < -0.39 is 0 Å². The summed E-state index contributed by atoms with van der Waals surface area (Å²) in [6.45, 7) is 4.94. The number of nitrogens with one attached hydrogen (secondary N) is 1. The van der Waals surface area contributed by atoms with Crippen molar-refractivity contribution in [2.24, 2.45) is 0 Å². The molecule has 0 aromatic carbocycles. The van der Waals surface area contributed by atoms with E-state index in [0.717, 1.165) is 6.54 Å². The Morgan fingerprint density at radius 1 is 1.46 bits per heavy atom. The topological polar surface area (TPSA) is 34.2 Å². The summed E-state index contributed by atoms with van der Waals surface area (Å²) >= 11 is 0. The van der Waals surface area contributed by atoms with Gasteiger partial charge in [0.2, 0.25) is 0 Å². The highest BCUT2D eigenvalue weighted by atomic mass is 16.5. The first-order valence-electron chi connectivity index (χ1n) is 4.50. The molecule has 1 aromatic heterocycles. The predicted molar refractivity (Wildman–Crippen MR) is 50.1 cm³/mol. The monoisotopic (exact) mass is 178 g/mol. The molecule has 2 heterocycles. The van der Waals surface area contributed by atoms with Gasteiger partial charge in [-0.3, -0.25) is 10.3 Å². The Bertz CT molecular complexity index is 284. The Labute approximate surface area is 78.1 Å². The van der Waals surface area contributed by atoms with Gasteiger partial charge in [0.05, 0.1) is 6.10 Å². The van der Waals surface area contributed by atoms with Crippen molar-refractivity contribution in [3.63, 3.8) is 0 Å². The molecule has 2 rings (SSSR count). The van der Waals surface area contributed by atoms with Crippen molar-refractivity contribution in [3.8, 4) is 0 Å². The molecule has 0 aliphatic carbocycles. The third-order valence-corrected chi connectivity index (χ3v) is 2.23. The summed E-state index contributed by atoms with van der Waals surface area (Å²) in [5.41, 5.74) is 0.988. The SMILES string of the molecule is CC1(C)NCC(c2ccncc2)O1. The van der Waals surface area contributed by atoms with E-state index in [4.69, 9.17) is 4.74 Å². The van der Waals surface area contributed by atoms with Crippen LogP contribution < -0.4 is 5.32 Å². The molecule has 0 spiro atoms. The highest BCUT2D eigenvalue weighted by molar-refractivity contribution is 5.15. The van der Waals surface area contributed by atoms with Crippen molar-refractivity contribution in [2.75, 3.05) is 6.54 Å². The molecule has 3 nitrogen and oxygen atoms in total. The van der Waals surface area contributed by atoms with Gasteiger partial charge in [-0.25, -0.2) is 0 Å². The maximum atomic E-state index is 5.80. The van der Waals surface area contributed by atoms with Crippen LogP contribution in [0.5, 0.6) is 0 Å². The Hall–Kier alpha value is -0.930. The van der Waals surface area contributed by atoms with Crippen LogP contribution in [0.4, 0.5) is 0 Å². The second-order valence-corrected chi connectivity index (χ2v) is 3.78. The molecule has 1 saturated heterocycles. The van der Waals surface area contributed by atoms with E-state index in [9.17, 15) is 0 Å². The van der Waals surface area contributed by atoms with Crippen LogP contribution >= 0.6 is 0 Å². The molecule has 1 aliphatic heterocycles. The van der Waals surface area contributed by atoms with Gasteiger partial charge in [-0.2, -0.15) is 0 Å². The van der Waals surface area contributed by atoms with Gasteiger partial charge in [0.25, 0.3) is 0 Å². The average Bonchev–Trinajstić information content (AvgIpc) is 2.48. The molecule has 0 bridgehead atoms. The molecule has 1 aliphatic rings. The number of nitrogens with zero attached hydrogens (tertiary/aromatic N) is 1. The lowest BCUT2D eigenvalue weighted by atomic mass is 10.1. The summed E-state index contributed by atoms with van der Waals surface area (Å²) < 4.78 is 5.80. The third kappa shape index (κ3) is 1.87. The lowest BCUT2D eigenvalue weighted by molar-refractivity contribution is -0.0241. The minimum Gasteiger partial charge on any atom is -0.352 e. The molecule has 1 N–H and O–H groups in total. The van der Waals surface area contributed by atoms with Crippen LogP contribution in [0.2, 0.25) is 0 Å². The van der Waals surface area contributed by atoms with Crippen molar-refractivity contribution in [1.82, 2.24) is 10.3 Å². The molecule has 13 heavy (non-hydrogen) atoms. The van der Waals surface area contributed by atoms with Gasteiger partial charge in [0.15, 0.2) is 0 Å². The van der Waals surface area contributed by atoms with Crippen LogP contribution in [0.3, 0.4) is 0 Å². The lowest BCUT2D eigenvalue weighted by Gasteiger charge is -2.18. The Morgan fingerprint density at radius 3 is 2.69 bits per heavy atom. The van der Waals surface area contributed by atoms with Gasteiger partial charge in [-0.1, -0.05) is 0 Å². The highest BCUT2D eigenvalue weighted by Gasteiger charge is 2.31. The summed E-state index contributed by atoms with van der Waals surface area (Å²) in [6.07, 6.45) is 3.76. The van der Waals surface area contributed by atoms with E-state index in [1.54, 1.807) is 12.4 Å². The summed E-state index contributed by atoms with van der Waals surface area (Å²) in [5, 5.41) is 3.30. The summed E-state index contributed by atoms with van der Waals surface area (Å²) in [6, 6.07) is 3.99. The zero-order chi connectivity index (χ0) is 9.31. The molecule has 0 saturated carbocycles. The van der Waals surface area contributed by atoms with Gasteiger partial charge >= 0.3 is 0 Å². The molecule has 70 valence electrons. The minimum atomic E-state index is -0.200. The number of aromatic nitrogens is 1. The molecule has 1 unspecified atom stereocenters. The van der Waals surface area contributed by atoms with Gasteiger partial charge in [0, 0.05) is 18.9 Å². The molecule has 0 amide bonds. The number of hydrogen-bond acceptors (Lipinski definition) is 3. The fraction of sp³-hybridized carbons (Fsp3) is 0.500. The lowest BCUT2D eigenvalue weighted by Crippen LogP contribution is -2.33. The quantitative estimate of drug-likeness (QED) is 0.707. The second-order valence-electron chi connectivity index (χ2n) is 3.78. The van der Waals surface area contributed by atoms with E-state index in [1.807, 2.05) is 26.0 Å². The molecular weight excluding hydrogens is 164 g/mol. The largest absolute Gasteiger partial charge is 0.352 e. The fourth-order valence-electron chi connectivity index (χ4n) is 1.54. The normalized spacial score (nSPS) is 26.2. The molecular formula is C10H14N2O. The van der Waals surface area contributed by atoms with Crippen LogP contribution in [0.25, 0.3) is 0 Å². The van der Waals surface area contributed by atoms with Crippen LogP contribution in [0.1, 0.15) is 25.5 Å².